The van der Waals surface area contributed by atoms with Gasteiger partial charge in [-0.25, -0.2) is 0 Å². The summed E-state index contributed by atoms with van der Waals surface area (Å²) < 4.78 is 1.91. The Morgan fingerprint density at radius 1 is 1.20 bits per heavy atom. The Morgan fingerprint density at radius 2 is 1.85 bits per heavy atom. The molecular formula is C17H25N3. The summed E-state index contributed by atoms with van der Waals surface area (Å²) in [5.74, 6) is 0. The maximum Gasteiger partial charge on any atom is 0.0722 e. The number of rotatable bonds is 4. The van der Waals surface area contributed by atoms with Crippen LogP contribution in [0.5, 0.6) is 0 Å². The van der Waals surface area contributed by atoms with Gasteiger partial charge in [0.1, 0.15) is 0 Å². The summed E-state index contributed by atoms with van der Waals surface area (Å²) in [7, 11) is 1.99. The minimum atomic E-state index is 0.0776. The van der Waals surface area contributed by atoms with Crippen molar-refractivity contribution in [2.75, 3.05) is 0 Å². The molecule has 1 aromatic heterocycles. The molecule has 0 amide bonds. The zero-order valence-electron chi connectivity index (χ0n) is 13.1. The van der Waals surface area contributed by atoms with Crippen LogP contribution in [0.15, 0.2) is 36.5 Å². The molecule has 3 heteroatoms. The Kier molecular flexibility index (Phi) is 4.29. The van der Waals surface area contributed by atoms with E-state index in [-0.39, 0.29) is 5.41 Å². The molecule has 1 aromatic carbocycles. The molecule has 0 aliphatic carbocycles. The van der Waals surface area contributed by atoms with E-state index in [1.807, 2.05) is 11.7 Å². The Bertz CT molecular complexity index is 549. The fourth-order valence-corrected chi connectivity index (χ4v) is 2.42. The molecule has 0 saturated carbocycles. The van der Waals surface area contributed by atoms with Gasteiger partial charge in [0.25, 0.3) is 0 Å². The maximum atomic E-state index is 4.61. The lowest BCUT2D eigenvalue weighted by Gasteiger charge is -2.19. The second-order valence-corrected chi connectivity index (χ2v) is 6.44. The van der Waals surface area contributed by atoms with Crippen LogP contribution >= 0.6 is 0 Å². The van der Waals surface area contributed by atoms with E-state index >= 15 is 0 Å². The number of aryl methyl sites for hydroxylation is 1. The quantitative estimate of drug-likeness (QED) is 0.921. The van der Waals surface area contributed by atoms with Crippen LogP contribution in [0.1, 0.15) is 50.6 Å². The van der Waals surface area contributed by atoms with Gasteiger partial charge < -0.3 is 5.32 Å². The Hall–Kier alpha value is -1.61. The van der Waals surface area contributed by atoms with E-state index in [0.717, 1.165) is 6.54 Å². The van der Waals surface area contributed by atoms with Gasteiger partial charge in [-0.1, -0.05) is 51.1 Å². The molecule has 2 rings (SSSR count). The zero-order valence-corrected chi connectivity index (χ0v) is 13.1. The zero-order chi connectivity index (χ0) is 14.8. The summed E-state index contributed by atoms with van der Waals surface area (Å²) in [5, 5.41) is 8.20. The van der Waals surface area contributed by atoms with E-state index in [0.29, 0.717) is 6.04 Å². The van der Waals surface area contributed by atoms with Crippen molar-refractivity contribution in [3.63, 3.8) is 0 Å². The first-order chi connectivity index (χ1) is 9.38. The van der Waals surface area contributed by atoms with E-state index in [2.05, 4.69) is 74.6 Å². The maximum absolute atomic E-state index is 4.61. The summed E-state index contributed by atoms with van der Waals surface area (Å²) in [6.45, 7) is 9.66. The number of hydrogen-bond donors (Lipinski definition) is 1. The van der Waals surface area contributed by atoms with Gasteiger partial charge >= 0.3 is 0 Å². The third-order valence-electron chi connectivity index (χ3n) is 3.51. The third-order valence-corrected chi connectivity index (χ3v) is 3.51. The van der Waals surface area contributed by atoms with E-state index in [4.69, 9.17) is 0 Å². The summed E-state index contributed by atoms with van der Waals surface area (Å²) >= 11 is 0. The normalized spacial score (nSPS) is 13.4. The smallest absolute Gasteiger partial charge is 0.0722 e. The van der Waals surface area contributed by atoms with Gasteiger partial charge in [-0.2, -0.15) is 5.10 Å². The van der Waals surface area contributed by atoms with E-state index in [1.54, 1.807) is 0 Å². The van der Waals surface area contributed by atoms with Crippen molar-refractivity contribution in [3.05, 3.63) is 53.3 Å². The van der Waals surface area contributed by atoms with Gasteiger partial charge in [-0.15, -0.1) is 0 Å². The number of hydrogen-bond acceptors (Lipinski definition) is 2. The van der Waals surface area contributed by atoms with Crippen LogP contribution in [0.25, 0.3) is 0 Å². The highest BCUT2D eigenvalue weighted by Crippen LogP contribution is 2.24. The van der Waals surface area contributed by atoms with Gasteiger partial charge in [0.05, 0.1) is 5.69 Å². The van der Waals surface area contributed by atoms with Crippen LogP contribution in [0.4, 0.5) is 0 Å². The second-order valence-electron chi connectivity index (χ2n) is 6.44. The minimum absolute atomic E-state index is 0.0776. The lowest BCUT2D eigenvalue weighted by Crippen LogP contribution is -2.21. The van der Waals surface area contributed by atoms with Crippen LogP contribution in [-0.4, -0.2) is 9.78 Å². The molecule has 0 aliphatic heterocycles. The van der Waals surface area contributed by atoms with Gasteiger partial charge in [0.15, 0.2) is 0 Å². The molecule has 20 heavy (non-hydrogen) atoms. The monoisotopic (exact) mass is 271 g/mol. The van der Waals surface area contributed by atoms with E-state index in [1.165, 1.54) is 16.8 Å². The molecule has 1 heterocycles. The molecule has 0 radical (unpaired) electrons. The van der Waals surface area contributed by atoms with Gasteiger partial charge in [-0.3, -0.25) is 4.68 Å². The van der Waals surface area contributed by atoms with Gasteiger partial charge in [0, 0.05) is 36.8 Å². The molecule has 0 aliphatic rings. The molecule has 0 fully saturated rings. The van der Waals surface area contributed by atoms with Crippen LogP contribution < -0.4 is 5.32 Å². The average Bonchev–Trinajstić information content (AvgIpc) is 2.78. The fourth-order valence-electron chi connectivity index (χ4n) is 2.42. The SMILES string of the molecule is C[C@H](NCc1cn(C)nc1C(C)(C)C)c1ccccc1. The van der Waals surface area contributed by atoms with Crippen molar-refractivity contribution < 1.29 is 0 Å². The summed E-state index contributed by atoms with van der Waals surface area (Å²) in [6, 6.07) is 10.9. The molecule has 0 bridgehead atoms. The van der Waals surface area contributed by atoms with Crippen molar-refractivity contribution in [2.45, 2.75) is 45.7 Å². The lowest BCUT2D eigenvalue weighted by atomic mass is 9.89. The highest BCUT2D eigenvalue weighted by molar-refractivity contribution is 5.24. The number of nitrogens with one attached hydrogen (secondary N) is 1. The molecular weight excluding hydrogens is 246 g/mol. The summed E-state index contributed by atoms with van der Waals surface area (Å²) in [4.78, 5) is 0. The lowest BCUT2D eigenvalue weighted by molar-refractivity contribution is 0.531. The Labute approximate surface area is 122 Å². The van der Waals surface area contributed by atoms with Crippen molar-refractivity contribution in [3.8, 4) is 0 Å². The standard InChI is InChI=1S/C17H25N3/c1-13(14-9-7-6-8-10-14)18-11-15-12-20(5)19-16(15)17(2,3)4/h6-10,12-13,18H,11H2,1-5H3/t13-/m0/s1. The predicted octanol–water partition coefficient (Wildman–Crippen LogP) is 3.57. The molecule has 108 valence electrons. The highest BCUT2D eigenvalue weighted by atomic mass is 15.3. The van der Waals surface area contributed by atoms with Crippen molar-refractivity contribution in [2.24, 2.45) is 7.05 Å². The molecule has 0 unspecified atom stereocenters. The second kappa shape index (κ2) is 5.80. The summed E-state index contributed by atoms with van der Waals surface area (Å²) in [6.07, 6.45) is 2.12. The first-order valence-corrected chi connectivity index (χ1v) is 7.19. The van der Waals surface area contributed by atoms with Crippen molar-refractivity contribution in [1.82, 2.24) is 15.1 Å². The minimum Gasteiger partial charge on any atom is -0.306 e. The fraction of sp³-hybridized carbons (Fsp3) is 0.471. The van der Waals surface area contributed by atoms with Crippen LogP contribution in [-0.2, 0) is 19.0 Å². The topological polar surface area (TPSA) is 29.9 Å². The van der Waals surface area contributed by atoms with E-state index < -0.39 is 0 Å². The molecule has 0 spiro atoms. The molecule has 1 N–H and O–H groups in total. The number of aromatic nitrogens is 2. The van der Waals surface area contributed by atoms with E-state index in [9.17, 15) is 0 Å². The first kappa shape index (κ1) is 14.8. The van der Waals surface area contributed by atoms with Crippen LogP contribution in [0.2, 0.25) is 0 Å². The average molecular weight is 271 g/mol. The number of nitrogens with zero attached hydrogens (tertiary/aromatic N) is 2. The first-order valence-electron chi connectivity index (χ1n) is 7.19. The highest BCUT2D eigenvalue weighted by Gasteiger charge is 2.21. The van der Waals surface area contributed by atoms with Crippen molar-refractivity contribution in [1.29, 1.82) is 0 Å². The third kappa shape index (κ3) is 3.48. The van der Waals surface area contributed by atoms with Crippen molar-refractivity contribution >= 4 is 0 Å². The van der Waals surface area contributed by atoms with Crippen LogP contribution in [0.3, 0.4) is 0 Å². The van der Waals surface area contributed by atoms with Crippen LogP contribution in [0, 0.1) is 0 Å². The largest absolute Gasteiger partial charge is 0.306 e. The molecule has 0 saturated heterocycles. The molecule has 3 nitrogen and oxygen atoms in total. The Morgan fingerprint density at radius 3 is 2.45 bits per heavy atom. The Balaban J connectivity index is 2.08. The van der Waals surface area contributed by atoms with Gasteiger partial charge in [0.2, 0.25) is 0 Å². The molecule has 2 aromatic rings. The van der Waals surface area contributed by atoms with Gasteiger partial charge in [-0.05, 0) is 12.5 Å². The molecule has 1 atom stereocenters. The predicted molar refractivity (Wildman–Crippen MR) is 83.6 cm³/mol. The summed E-state index contributed by atoms with van der Waals surface area (Å²) in [5.41, 5.74) is 3.85. The number of benzene rings is 1.